The monoisotopic (exact) mass is 321 g/mol. The van der Waals surface area contributed by atoms with Crippen molar-refractivity contribution in [1.82, 2.24) is 15.5 Å². The second-order valence-electron chi connectivity index (χ2n) is 5.45. The lowest BCUT2D eigenvalue weighted by molar-refractivity contribution is 0.0963. The van der Waals surface area contributed by atoms with Gasteiger partial charge < -0.3 is 20.3 Å². The molecule has 2 rings (SSSR count). The molecule has 1 aliphatic heterocycles. The van der Waals surface area contributed by atoms with Crippen LogP contribution in [0.2, 0.25) is 0 Å². The van der Waals surface area contributed by atoms with E-state index in [-0.39, 0.29) is 12.0 Å². The van der Waals surface area contributed by atoms with Crippen LogP contribution < -0.4 is 10.6 Å². The van der Waals surface area contributed by atoms with Crippen LogP contribution in [0, 0.1) is 0 Å². The van der Waals surface area contributed by atoms with Gasteiger partial charge in [0.2, 0.25) is 0 Å². The molecule has 6 heteroatoms. The number of thiocarbonyl (C=S) groups is 1. The van der Waals surface area contributed by atoms with Crippen molar-refractivity contribution in [1.29, 1.82) is 0 Å². The first-order valence-electron chi connectivity index (χ1n) is 7.51. The lowest BCUT2D eigenvalue weighted by Gasteiger charge is -2.22. The third kappa shape index (κ3) is 4.68. The average Bonchev–Trinajstić information content (AvgIpc) is 3.06. The summed E-state index contributed by atoms with van der Waals surface area (Å²) in [5.41, 5.74) is 1.77. The number of amides is 1. The average molecular weight is 321 g/mol. The summed E-state index contributed by atoms with van der Waals surface area (Å²) in [7, 11) is 3.58. The molecule has 5 nitrogen and oxygen atoms in total. The van der Waals surface area contributed by atoms with Gasteiger partial charge in [0, 0.05) is 39.4 Å². The van der Waals surface area contributed by atoms with Crippen molar-refractivity contribution in [2.45, 2.75) is 25.5 Å². The molecule has 1 heterocycles. The van der Waals surface area contributed by atoms with E-state index >= 15 is 0 Å². The largest absolute Gasteiger partial charge is 0.376 e. The Morgan fingerprint density at radius 1 is 1.41 bits per heavy atom. The first-order valence-corrected chi connectivity index (χ1v) is 7.92. The van der Waals surface area contributed by atoms with E-state index in [1.54, 1.807) is 7.05 Å². The van der Waals surface area contributed by atoms with Crippen molar-refractivity contribution in [3.8, 4) is 0 Å². The van der Waals surface area contributed by atoms with E-state index in [9.17, 15) is 4.79 Å². The van der Waals surface area contributed by atoms with Gasteiger partial charge in [0.15, 0.2) is 5.11 Å². The van der Waals surface area contributed by atoms with Crippen LogP contribution in [0.25, 0.3) is 0 Å². The Hall–Kier alpha value is -1.66. The zero-order chi connectivity index (χ0) is 15.9. The molecule has 0 saturated carbocycles. The van der Waals surface area contributed by atoms with Crippen LogP contribution in [0.1, 0.15) is 28.8 Å². The van der Waals surface area contributed by atoms with Crippen LogP contribution >= 0.6 is 12.2 Å². The molecular weight excluding hydrogens is 298 g/mol. The SMILES string of the molecule is CNC(=O)c1ccc(CN(C)C(=S)NC[C@H]2CCCO2)cc1. The molecule has 1 amide bonds. The van der Waals surface area contributed by atoms with Gasteiger partial charge in [-0.3, -0.25) is 4.79 Å². The maximum absolute atomic E-state index is 11.5. The third-order valence-electron chi connectivity index (χ3n) is 3.71. The van der Waals surface area contributed by atoms with Crippen LogP contribution in [0.4, 0.5) is 0 Å². The van der Waals surface area contributed by atoms with E-state index in [1.165, 1.54) is 0 Å². The molecule has 22 heavy (non-hydrogen) atoms. The normalized spacial score (nSPS) is 17.1. The highest BCUT2D eigenvalue weighted by molar-refractivity contribution is 7.80. The van der Waals surface area contributed by atoms with Crippen LogP contribution in [-0.2, 0) is 11.3 Å². The Morgan fingerprint density at radius 2 is 2.14 bits per heavy atom. The van der Waals surface area contributed by atoms with Gasteiger partial charge in [-0.1, -0.05) is 12.1 Å². The topological polar surface area (TPSA) is 53.6 Å². The molecule has 1 saturated heterocycles. The molecule has 1 aromatic rings. The summed E-state index contributed by atoms with van der Waals surface area (Å²) in [6.07, 6.45) is 2.51. The van der Waals surface area contributed by atoms with Gasteiger partial charge in [0.05, 0.1) is 6.10 Å². The van der Waals surface area contributed by atoms with Crippen LogP contribution in [-0.4, -0.2) is 49.3 Å². The van der Waals surface area contributed by atoms with Crippen molar-refractivity contribution >= 4 is 23.2 Å². The summed E-state index contributed by atoms with van der Waals surface area (Å²) in [5, 5.41) is 6.58. The van der Waals surface area contributed by atoms with Crippen molar-refractivity contribution in [3.63, 3.8) is 0 Å². The summed E-state index contributed by atoms with van der Waals surface area (Å²) in [6, 6.07) is 7.54. The molecule has 0 unspecified atom stereocenters. The van der Waals surface area contributed by atoms with Crippen molar-refractivity contribution in [3.05, 3.63) is 35.4 Å². The van der Waals surface area contributed by atoms with E-state index in [0.717, 1.165) is 31.6 Å². The highest BCUT2D eigenvalue weighted by atomic mass is 32.1. The highest BCUT2D eigenvalue weighted by Gasteiger charge is 2.16. The molecule has 1 atom stereocenters. The Kier molecular flexibility index (Phi) is 6.15. The fourth-order valence-corrected chi connectivity index (χ4v) is 2.54. The smallest absolute Gasteiger partial charge is 0.251 e. The minimum absolute atomic E-state index is 0.0753. The number of carbonyl (C=O) groups excluding carboxylic acids is 1. The summed E-state index contributed by atoms with van der Waals surface area (Å²) in [6.45, 7) is 2.32. The Balaban J connectivity index is 1.81. The summed E-state index contributed by atoms with van der Waals surface area (Å²) >= 11 is 5.39. The molecular formula is C16H23N3O2S. The van der Waals surface area contributed by atoms with E-state index in [2.05, 4.69) is 10.6 Å². The van der Waals surface area contributed by atoms with E-state index in [0.29, 0.717) is 17.2 Å². The van der Waals surface area contributed by atoms with Crippen LogP contribution in [0.3, 0.4) is 0 Å². The second kappa shape index (κ2) is 8.10. The Bertz CT molecular complexity index is 513. The van der Waals surface area contributed by atoms with Crippen molar-refractivity contribution < 1.29 is 9.53 Å². The molecule has 0 aliphatic carbocycles. The fraction of sp³-hybridized carbons (Fsp3) is 0.500. The number of nitrogens with zero attached hydrogens (tertiary/aromatic N) is 1. The molecule has 1 aliphatic rings. The maximum Gasteiger partial charge on any atom is 0.251 e. The summed E-state index contributed by atoms with van der Waals surface area (Å²) in [5.74, 6) is -0.0753. The molecule has 2 N–H and O–H groups in total. The first kappa shape index (κ1) is 16.7. The minimum atomic E-state index is -0.0753. The molecule has 1 fully saturated rings. The van der Waals surface area contributed by atoms with Gasteiger partial charge in [-0.2, -0.15) is 0 Å². The minimum Gasteiger partial charge on any atom is -0.376 e. The molecule has 0 spiro atoms. The summed E-state index contributed by atoms with van der Waals surface area (Å²) in [4.78, 5) is 13.5. The van der Waals surface area contributed by atoms with Gasteiger partial charge in [0.1, 0.15) is 0 Å². The fourth-order valence-electron chi connectivity index (χ4n) is 2.39. The lowest BCUT2D eigenvalue weighted by Crippen LogP contribution is -2.40. The van der Waals surface area contributed by atoms with E-state index in [1.807, 2.05) is 36.2 Å². The number of hydrogen-bond donors (Lipinski definition) is 2. The standard InChI is InChI=1S/C16H23N3O2S/c1-17-15(20)13-7-5-12(6-8-13)11-19(2)16(22)18-10-14-4-3-9-21-14/h5-8,14H,3-4,9-11H2,1-2H3,(H,17,20)(H,18,22)/t14-/m1/s1. The first-order chi connectivity index (χ1) is 10.6. The number of nitrogens with one attached hydrogen (secondary N) is 2. The van der Waals surface area contributed by atoms with E-state index in [4.69, 9.17) is 17.0 Å². The number of carbonyl (C=O) groups is 1. The summed E-state index contributed by atoms with van der Waals surface area (Å²) < 4.78 is 5.57. The van der Waals surface area contributed by atoms with Crippen molar-refractivity contribution in [2.24, 2.45) is 0 Å². The zero-order valence-corrected chi connectivity index (χ0v) is 13.9. The van der Waals surface area contributed by atoms with Gasteiger partial charge in [0.25, 0.3) is 5.91 Å². The number of rotatable bonds is 5. The third-order valence-corrected chi connectivity index (χ3v) is 4.17. The molecule has 120 valence electrons. The predicted molar refractivity (Wildman–Crippen MR) is 90.9 cm³/mol. The lowest BCUT2D eigenvalue weighted by atomic mass is 10.1. The molecule has 1 aromatic carbocycles. The Morgan fingerprint density at radius 3 is 2.73 bits per heavy atom. The highest BCUT2D eigenvalue weighted by Crippen LogP contribution is 2.11. The molecule has 0 bridgehead atoms. The maximum atomic E-state index is 11.5. The van der Waals surface area contributed by atoms with Crippen LogP contribution in [0.15, 0.2) is 24.3 Å². The van der Waals surface area contributed by atoms with Gasteiger partial charge in [-0.25, -0.2) is 0 Å². The predicted octanol–water partition coefficient (Wildman–Crippen LogP) is 1.53. The number of benzene rings is 1. The molecule has 0 radical (unpaired) electrons. The van der Waals surface area contributed by atoms with Crippen LogP contribution in [0.5, 0.6) is 0 Å². The second-order valence-corrected chi connectivity index (χ2v) is 5.84. The zero-order valence-electron chi connectivity index (χ0n) is 13.1. The van der Waals surface area contributed by atoms with Crippen molar-refractivity contribution in [2.75, 3.05) is 27.2 Å². The molecule has 0 aromatic heterocycles. The van der Waals surface area contributed by atoms with Gasteiger partial charge >= 0.3 is 0 Å². The number of hydrogen-bond acceptors (Lipinski definition) is 3. The Labute approximate surface area is 137 Å². The quantitative estimate of drug-likeness (QED) is 0.806. The van der Waals surface area contributed by atoms with Gasteiger partial charge in [-0.15, -0.1) is 0 Å². The van der Waals surface area contributed by atoms with Gasteiger partial charge in [-0.05, 0) is 42.8 Å². The number of ether oxygens (including phenoxy) is 1. The van der Waals surface area contributed by atoms with E-state index < -0.39 is 0 Å².